The zero-order chi connectivity index (χ0) is 13.9. The number of nitrogens with one attached hydrogen (secondary N) is 2. The highest BCUT2D eigenvalue weighted by molar-refractivity contribution is 5.89. The summed E-state index contributed by atoms with van der Waals surface area (Å²) >= 11 is 0. The Balaban J connectivity index is 1.53. The highest BCUT2D eigenvalue weighted by Crippen LogP contribution is 2.38. The average Bonchev–Trinajstić information content (AvgIpc) is 3.20. The Hall–Kier alpha value is -1.59. The fourth-order valence-corrected chi connectivity index (χ4v) is 2.71. The number of amides is 2. The largest absolute Gasteiger partial charge is 0.376 e. The highest BCUT2D eigenvalue weighted by Gasteiger charge is 2.41. The van der Waals surface area contributed by atoms with E-state index in [9.17, 15) is 4.79 Å². The number of hydrogen-bond donors (Lipinski definition) is 3. The van der Waals surface area contributed by atoms with Crippen molar-refractivity contribution in [2.75, 3.05) is 11.9 Å². The van der Waals surface area contributed by atoms with Gasteiger partial charge in [-0.25, -0.2) is 4.79 Å². The van der Waals surface area contributed by atoms with Gasteiger partial charge in [0, 0.05) is 18.8 Å². The van der Waals surface area contributed by atoms with Crippen LogP contribution in [0.15, 0.2) is 24.3 Å². The first kappa shape index (κ1) is 13.4. The number of hydrogen-bond acceptors (Lipinski definition) is 3. The van der Waals surface area contributed by atoms with Crippen molar-refractivity contribution >= 4 is 11.7 Å². The maximum Gasteiger partial charge on any atom is 0.319 e. The number of carbonyl (C=O) groups excluding carboxylic acids is 1. The van der Waals surface area contributed by atoms with E-state index < -0.39 is 0 Å². The molecule has 3 rings (SSSR count). The van der Waals surface area contributed by atoms with Gasteiger partial charge in [0.15, 0.2) is 0 Å². The molecule has 0 bridgehead atoms. The molecule has 1 saturated carbocycles. The van der Waals surface area contributed by atoms with Crippen LogP contribution in [0.1, 0.15) is 24.8 Å². The van der Waals surface area contributed by atoms with Gasteiger partial charge in [0.25, 0.3) is 0 Å². The van der Waals surface area contributed by atoms with Crippen molar-refractivity contribution in [2.45, 2.75) is 38.0 Å². The fraction of sp³-hybridized carbons (Fsp3) is 0.533. The summed E-state index contributed by atoms with van der Waals surface area (Å²) < 4.78 is 5.71. The number of nitrogens with two attached hydrogens (primary N) is 1. The van der Waals surface area contributed by atoms with Gasteiger partial charge in [0.1, 0.15) is 0 Å². The van der Waals surface area contributed by atoms with Crippen LogP contribution in [0.4, 0.5) is 10.5 Å². The first-order valence-electron chi connectivity index (χ1n) is 7.24. The van der Waals surface area contributed by atoms with Crippen LogP contribution in [0.5, 0.6) is 0 Å². The number of carbonyl (C=O) groups is 1. The van der Waals surface area contributed by atoms with Crippen LogP contribution in [0.25, 0.3) is 0 Å². The molecule has 20 heavy (non-hydrogen) atoms. The van der Waals surface area contributed by atoms with Gasteiger partial charge in [-0.05, 0) is 42.9 Å². The van der Waals surface area contributed by atoms with Gasteiger partial charge in [-0.3, -0.25) is 0 Å². The van der Waals surface area contributed by atoms with Crippen LogP contribution in [0.3, 0.4) is 0 Å². The van der Waals surface area contributed by atoms with Gasteiger partial charge in [-0.15, -0.1) is 0 Å². The second-order valence-electron chi connectivity index (χ2n) is 5.57. The van der Waals surface area contributed by atoms with Crippen LogP contribution in [0, 0.1) is 5.92 Å². The normalized spacial score (nSPS) is 25.4. The Kier molecular flexibility index (Phi) is 3.89. The van der Waals surface area contributed by atoms with Crippen molar-refractivity contribution in [3.63, 3.8) is 0 Å². The summed E-state index contributed by atoms with van der Waals surface area (Å²) in [5.41, 5.74) is 7.38. The molecule has 2 amide bonds. The van der Waals surface area contributed by atoms with E-state index >= 15 is 0 Å². The molecule has 2 aliphatic rings. The van der Waals surface area contributed by atoms with Gasteiger partial charge in [0.05, 0.1) is 12.1 Å². The lowest BCUT2D eigenvalue weighted by Crippen LogP contribution is -2.43. The molecule has 0 aromatic heterocycles. The molecule has 0 radical (unpaired) electrons. The van der Waals surface area contributed by atoms with Crippen LogP contribution >= 0.6 is 0 Å². The lowest BCUT2D eigenvalue weighted by atomic mass is 10.1. The molecule has 1 aliphatic heterocycles. The van der Waals surface area contributed by atoms with E-state index in [1.165, 1.54) is 12.8 Å². The summed E-state index contributed by atoms with van der Waals surface area (Å²) in [6.45, 7) is 1.26. The van der Waals surface area contributed by atoms with Crippen LogP contribution < -0.4 is 16.4 Å². The van der Waals surface area contributed by atoms with Crippen LogP contribution in [-0.4, -0.2) is 24.8 Å². The number of rotatable bonds is 4. The van der Waals surface area contributed by atoms with Crippen molar-refractivity contribution in [1.82, 2.24) is 5.32 Å². The lowest BCUT2D eigenvalue weighted by Gasteiger charge is -2.19. The Morgan fingerprint density at radius 1 is 1.25 bits per heavy atom. The van der Waals surface area contributed by atoms with Gasteiger partial charge < -0.3 is 21.1 Å². The van der Waals surface area contributed by atoms with Crippen molar-refractivity contribution in [2.24, 2.45) is 11.7 Å². The van der Waals surface area contributed by atoms with E-state index in [4.69, 9.17) is 10.5 Å². The fourth-order valence-electron chi connectivity index (χ4n) is 2.71. The SMILES string of the molecule is NCc1ccc(NC(=O)NC2CCOC2C2CC2)cc1. The Bertz CT molecular complexity index is 471. The Morgan fingerprint density at radius 2 is 2.00 bits per heavy atom. The third-order valence-electron chi connectivity index (χ3n) is 3.99. The predicted molar refractivity (Wildman–Crippen MR) is 77.4 cm³/mol. The Morgan fingerprint density at radius 3 is 2.65 bits per heavy atom. The first-order chi connectivity index (χ1) is 9.76. The number of urea groups is 1. The summed E-state index contributed by atoms with van der Waals surface area (Å²) in [6, 6.07) is 7.55. The third kappa shape index (κ3) is 3.11. The van der Waals surface area contributed by atoms with Crippen molar-refractivity contribution < 1.29 is 9.53 Å². The van der Waals surface area contributed by atoms with Gasteiger partial charge in [-0.2, -0.15) is 0 Å². The van der Waals surface area contributed by atoms with Crippen molar-refractivity contribution in [3.05, 3.63) is 29.8 Å². The molecule has 1 aliphatic carbocycles. The van der Waals surface area contributed by atoms with Crippen molar-refractivity contribution in [3.8, 4) is 0 Å². The van der Waals surface area contributed by atoms with E-state index in [0.717, 1.165) is 24.3 Å². The summed E-state index contributed by atoms with van der Waals surface area (Å²) in [4.78, 5) is 12.0. The van der Waals surface area contributed by atoms with Crippen LogP contribution in [0.2, 0.25) is 0 Å². The molecule has 1 aromatic rings. The molecule has 0 spiro atoms. The Labute approximate surface area is 118 Å². The molecule has 5 nitrogen and oxygen atoms in total. The van der Waals surface area contributed by atoms with E-state index in [2.05, 4.69) is 10.6 Å². The second-order valence-corrected chi connectivity index (χ2v) is 5.57. The summed E-state index contributed by atoms with van der Waals surface area (Å²) in [5, 5.41) is 5.88. The minimum Gasteiger partial charge on any atom is -0.376 e. The minimum atomic E-state index is -0.161. The molecule has 1 aromatic carbocycles. The molecule has 1 saturated heterocycles. The molecule has 4 N–H and O–H groups in total. The molecular weight excluding hydrogens is 254 g/mol. The molecule has 2 unspecified atom stereocenters. The molecule has 5 heteroatoms. The zero-order valence-corrected chi connectivity index (χ0v) is 11.5. The minimum absolute atomic E-state index is 0.144. The maximum absolute atomic E-state index is 12.0. The van der Waals surface area contributed by atoms with Gasteiger partial charge in [-0.1, -0.05) is 12.1 Å². The monoisotopic (exact) mass is 275 g/mol. The summed E-state index contributed by atoms with van der Waals surface area (Å²) in [5.74, 6) is 0.645. The quantitative estimate of drug-likeness (QED) is 0.784. The lowest BCUT2D eigenvalue weighted by molar-refractivity contribution is 0.0829. The van der Waals surface area contributed by atoms with Crippen molar-refractivity contribution in [1.29, 1.82) is 0 Å². The topological polar surface area (TPSA) is 76.4 Å². The second kappa shape index (κ2) is 5.81. The van der Waals surface area contributed by atoms with Gasteiger partial charge >= 0.3 is 6.03 Å². The molecule has 2 atom stereocenters. The van der Waals surface area contributed by atoms with E-state index in [1.54, 1.807) is 0 Å². The predicted octanol–water partition coefficient (Wildman–Crippen LogP) is 1.83. The molecule has 1 heterocycles. The number of ether oxygens (including phenoxy) is 1. The summed E-state index contributed by atoms with van der Waals surface area (Å²) in [7, 11) is 0. The molecular formula is C15H21N3O2. The maximum atomic E-state index is 12.0. The molecule has 2 fully saturated rings. The number of anilines is 1. The third-order valence-corrected chi connectivity index (χ3v) is 3.99. The number of benzene rings is 1. The zero-order valence-electron chi connectivity index (χ0n) is 11.5. The van der Waals surface area contributed by atoms with E-state index in [0.29, 0.717) is 12.5 Å². The smallest absolute Gasteiger partial charge is 0.319 e. The van der Waals surface area contributed by atoms with Crippen LogP contribution in [-0.2, 0) is 11.3 Å². The highest BCUT2D eigenvalue weighted by atomic mass is 16.5. The van der Waals surface area contributed by atoms with Gasteiger partial charge in [0.2, 0.25) is 0 Å². The average molecular weight is 275 g/mol. The summed E-state index contributed by atoms with van der Waals surface area (Å²) in [6.07, 6.45) is 3.57. The standard InChI is InChI=1S/C15H21N3O2/c16-9-10-1-5-12(6-2-10)17-15(19)18-13-7-8-20-14(13)11-3-4-11/h1-2,5-6,11,13-14H,3-4,7-9,16H2,(H2,17,18,19). The first-order valence-corrected chi connectivity index (χ1v) is 7.24. The molecule has 108 valence electrons. The van der Waals surface area contributed by atoms with E-state index in [1.807, 2.05) is 24.3 Å². The van der Waals surface area contributed by atoms with E-state index in [-0.39, 0.29) is 18.2 Å².